The van der Waals surface area contributed by atoms with Crippen LogP contribution in [0.2, 0.25) is 0 Å². The van der Waals surface area contributed by atoms with Crippen molar-refractivity contribution in [1.29, 1.82) is 0 Å². The number of rotatable bonds is 4. The molecule has 1 unspecified atom stereocenters. The SMILES string of the molecule is C#CCC(C)Nc1cnccc1C(=O)O. The zero-order valence-corrected chi connectivity index (χ0v) is 8.40. The maximum Gasteiger partial charge on any atom is 0.337 e. The van der Waals surface area contributed by atoms with Gasteiger partial charge in [-0.15, -0.1) is 12.3 Å². The van der Waals surface area contributed by atoms with Gasteiger partial charge in [0.1, 0.15) is 0 Å². The summed E-state index contributed by atoms with van der Waals surface area (Å²) in [6.07, 6.45) is 8.62. The standard InChI is InChI=1S/C11H12N2O2/c1-3-4-8(2)13-10-7-12-6-5-9(10)11(14)15/h1,5-8,13H,4H2,2H3,(H,14,15). The highest BCUT2D eigenvalue weighted by Crippen LogP contribution is 2.14. The van der Waals surface area contributed by atoms with Gasteiger partial charge in [-0.3, -0.25) is 4.98 Å². The lowest BCUT2D eigenvalue weighted by atomic mass is 10.2. The van der Waals surface area contributed by atoms with Gasteiger partial charge in [-0.25, -0.2) is 4.79 Å². The first-order chi connectivity index (χ1) is 7.15. The fourth-order valence-electron chi connectivity index (χ4n) is 1.19. The Hall–Kier alpha value is -2.02. The first-order valence-electron chi connectivity index (χ1n) is 4.52. The molecule has 4 heteroatoms. The molecule has 2 N–H and O–H groups in total. The molecular formula is C11H12N2O2. The molecule has 1 atom stereocenters. The number of aromatic carboxylic acids is 1. The van der Waals surface area contributed by atoms with Gasteiger partial charge in [-0.05, 0) is 13.0 Å². The quantitative estimate of drug-likeness (QED) is 0.731. The third-order valence-electron chi connectivity index (χ3n) is 1.88. The Bertz CT molecular complexity index is 396. The van der Waals surface area contributed by atoms with E-state index in [0.29, 0.717) is 12.1 Å². The van der Waals surface area contributed by atoms with Gasteiger partial charge in [0, 0.05) is 18.7 Å². The first kappa shape index (κ1) is 11.1. The van der Waals surface area contributed by atoms with E-state index in [1.807, 2.05) is 6.92 Å². The van der Waals surface area contributed by atoms with E-state index in [-0.39, 0.29) is 11.6 Å². The summed E-state index contributed by atoms with van der Waals surface area (Å²) < 4.78 is 0. The molecular weight excluding hydrogens is 192 g/mol. The minimum Gasteiger partial charge on any atom is -0.478 e. The van der Waals surface area contributed by atoms with Crippen molar-refractivity contribution in [2.75, 3.05) is 5.32 Å². The Morgan fingerprint density at radius 1 is 1.80 bits per heavy atom. The summed E-state index contributed by atoms with van der Waals surface area (Å²) in [4.78, 5) is 14.7. The van der Waals surface area contributed by atoms with Crippen molar-refractivity contribution in [3.63, 3.8) is 0 Å². The van der Waals surface area contributed by atoms with Crippen molar-refractivity contribution in [2.24, 2.45) is 0 Å². The molecule has 0 saturated heterocycles. The van der Waals surface area contributed by atoms with Crippen molar-refractivity contribution in [3.8, 4) is 12.3 Å². The summed E-state index contributed by atoms with van der Waals surface area (Å²) >= 11 is 0. The average molecular weight is 204 g/mol. The van der Waals surface area contributed by atoms with Crippen LogP contribution in [0, 0.1) is 12.3 Å². The fourth-order valence-corrected chi connectivity index (χ4v) is 1.19. The topological polar surface area (TPSA) is 62.2 Å². The van der Waals surface area contributed by atoms with E-state index in [2.05, 4.69) is 16.2 Å². The molecule has 0 fully saturated rings. The monoisotopic (exact) mass is 204 g/mol. The molecule has 0 saturated carbocycles. The van der Waals surface area contributed by atoms with Crippen LogP contribution in [0.4, 0.5) is 5.69 Å². The van der Waals surface area contributed by atoms with Gasteiger partial charge in [0.15, 0.2) is 0 Å². The number of carbonyl (C=O) groups is 1. The van der Waals surface area contributed by atoms with Crippen molar-refractivity contribution in [3.05, 3.63) is 24.0 Å². The molecule has 1 rings (SSSR count). The maximum atomic E-state index is 10.9. The number of carboxylic acid groups (broad SMARTS) is 1. The number of pyridine rings is 1. The molecule has 0 aromatic carbocycles. The van der Waals surface area contributed by atoms with Crippen LogP contribution in [0.5, 0.6) is 0 Å². The highest BCUT2D eigenvalue weighted by molar-refractivity contribution is 5.93. The average Bonchev–Trinajstić information content (AvgIpc) is 2.18. The Balaban J connectivity index is 2.85. The van der Waals surface area contributed by atoms with Gasteiger partial charge < -0.3 is 10.4 Å². The van der Waals surface area contributed by atoms with Crippen molar-refractivity contribution >= 4 is 11.7 Å². The molecule has 4 nitrogen and oxygen atoms in total. The molecule has 0 radical (unpaired) electrons. The van der Waals surface area contributed by atoms with E-state index in [4.69, 9.17) is 11.5 Å². The lowest BCUT2D eigenvalue weighted by molar-refractivity contribution is 0.0698. The lowest BCUT2D eigenvalue weighted by Crippen LogP contribution is -2.16. The van der Waals surface area contributed by atoms with Crippen LogP contribution in [0.25, 0.3) is 0 Å². The number of carboxylic acids is 1. The second-order valence-corrected chi connectivity index (χ2v) is 3.18. The van der Waals surface area contributed by atoms with Crippen LogP contribution in [-0.2, 0) is 0 Å². The smallest absolute Gasteiger partial charge is 0.337 e. The van der Waals surface area contributed by atoms with Crippen molar-refractivity contribution in [1.82, 2.24) is 4.98 Å². The second kappa shape index (κ2) is 5.01. The zero-order valence-electron chi connectivity index (χ0n) is 8.40. The minimum atomic E-state index is -0.979. The van der Waals surface area contributed by atoms with E-state index in [1.54, 1.807) is 0 Å². The van der Waals surface area contributed by atoms with Crippen LogP contribution < -0.4 is 5.32 Å². The summed E-state index contributed by atoms with van der Waals surface area (Å²) in [7, 11) is 0. The van der Waals surface area contributed by atoms with Crippen LogP contribution in [-0.4, -0.2) is 22.1 Å². The lowest BCUT2D eigenvalue weighted by Gasteiger charge is -2.13. The van der Waals surface area contributed by atoms with Crippen molar-refractivity contribution in [2.45, 2.75) is 19.4 Å². The highest BCUT2D eigenvalue weighted by atomic mass is 16.4. The zero-order chi connectivity index (χ0) is 11.3. The molecule has 0 bridgehead atoms. The Kier molecular flexibility index (Phi) is 3.69. The number of hydrogen-bond acceptors (Lipinski definition) is 3. The summed E-state index contributed by atoms with van der Waals surface area (Å²) in [5, 5.41) is 11.9. The molecule has 0 amide bonds. The number of nitrogens with zero attached hydrogens (tertiary/aromatic N) is 1. The van der Waals surface area contributed by atoms with Crippen LogP contribution in [0.3, 0.4) is 0 Å². The molecule has 1 aromatic rings. The predicted molar refractivity (Wildman–Crippen MR) is 57.7 cm³/mol. The van der Waals surface area contributed by atoms with E-state index < -0.39 is 5.97 Å². The summed E-state index contributed by atoms with van der Waals surface area (Å²) in [6, 6.07) is 1.48. The maximum absolute atomic E-state index is 10.9. The van der Waals surface area contributed by atoms with Gasteiger partial charge in [0.2, 0.25) is 0 Å². The van der Waals surface area contributed by atoms with Gasteiger partial charge in [0.05, 0.1) is 17.4 Å². The van der Waals surface area contributed by atoms with Crippen LogP contribution in [0.1, 0.15) is 23.7 Å². The van der Waals surface area contributed by atoms with E-state index in [1.165, 1.54) is 18.5 Å². The molecule has 78 valence electrons. The van der Waals surface area contributed by atoms with E-state index >= 15 is 0 Å². The van der Waals surface area contributed by atoms with Gasteiger partial charge >= 0.3 is 5.97 Å². The summed E-state index contributed by atoms with van der Waals surface area (Å²) in [6.45, 7) is 1.89. The van der Waals surface area contributed by atoms with Gasteiger partial charge in [-0.1, -0.05) is 0 Å². The van der Waals surface area contributed by atoms with Gasteiger partial charge in [-0.2, -0.15) is 0 Å². The molecule has 15 heavy (non-hydrogen) atoms. The minimum absolute atomic E-state index is 0.0253. The van der Waals surface area contributed by atoms with Crippen molar-refractivity contribution < 1.29 is 9.90 Å². The summed E-state index contributed by atoms with van der Waals surface area (Å²) in [5.74, 6) is 1.53. The number of hydrogen-bond donors (Lipinski definition) is 2. The van der Waals surface area contributed by atoms with E-state index in [0.717, 1.165) is 0 Å². The molecule has 0 aliphatic heterocycles. The first-order valence-corrected chi connectivity index (χ1v) is 4.52. The fraction of sp³-hybridized carbons (Fsp3) is 0.273. The summed E-state index contributed by atoms with van der Waals surface area (Å²) in [5.41, 5.74) is 0.696. The third kappa shape index (κ3) is 2.99. The molecule has 1 heterocycles. The van der Waals surface area contributed by atoms with Gasteiger partial charge in [0.25, 0.3) is 0 Å². The predicted octanol–water partition coefficient (Wildman–Crippen LogP) is 1.60. The molecule has 1 aromatic heterocycles. The Morgan fingerprint density at radius 2 is 2.53 bits per heavy atom. The number of nitrogens with one attached hydrogen (secondary N) is 1. The Morgan fingerprint density at radius 3 is 3.13 bits per heavy atom. The van der Waals surface area contributed by atoms with E-state index in [9.17, 15) is 4.79 Å². The van der Waals surface area contributed by atoms with Crippen LogP contribution >= 0.6 is 0 Å². The van der Waals surface area contributed by atoms with Crippen LogP contribution in [0.15, 0.2) is 18.5 Å². The second-order valence-electron chi connectivity index (χ2n) is 3.18. The number of terminal acetylenes is 1. The highest BCUT2D eigenvalue weighted by Gasteiger charge is 2.10. The molecule has 0 aliphatic carbocycles. The molecule has 0 aliphatic rings. The normalized spacial score (nSPS) is 11.5. The molecule has 0 spiro atoms. The largest absolute Gasteiger partial charge is 0.478 e. The third-order valence-corrected chi connectivity index (χ3v) is 1.88. The Labute approximate surface area is 88.3 Å². The number of anilines is 1. The number of aromatic nitrogens is 1.